The van der Waals surface area contributed by atoms with Crippen LogP contribution in [0, 0.1) is 0 Å². The van der Waals surface area contributed by atoms with E-state index in [0.29, 0.717) is 45.4 Å². The summed E-state index contributed by atoms with van der Waals surface area (Å²) < 4.78 is 95.6. The molecule has 250 valence electrons. The number of para-hydroxylation sites is 2. The van der Waals surface area contributed by atoms with Gasteiger partial charge in [0.2, 0.25) is 16.5 Å². The number of fused-ring (bicyclic) bond motifs is 8. The van der Waals surface area contributed by atoms with Crippen LogP contribution in [0.15, 0.2) is 127 Å². The van der Waals surface area contributed by atoms with E-state index >= 15 is 0 Å². The van der Waals surface area contributed by atoms with E-state index in [1.165, 1.54) is 10.6 Å². The SMILES string of the molecule is C=C=C=C(N1C(=CC(=Cc2oc3cc4c(cc3[n+]2CS(=O)(=O)O)oc2ccccc24)CC)Oc2cc3c(cc21)oc1ccccc13)S(=O)(=O)O. The third-order valence-corrected chi connectivity index (χ3v) is 9.68. The van der Waals surface area contributed by atoms with Crippen LogP contribution in [0.4, 0.5) is 5.69 Å². The van der Waals surface area contributed by atoms with Gasteiger partial charge < -0.3 is 18.0 Å². The lowest BCUT2D eigenvalue weighted by molar-refractivity contribution is -0.658. The van der Waals surface area contributed by atoms with Crippen LogP contribution in [0.1, 0.15) is 19.2 Å². The molecule has 0 amide bonds. The molecule has 0 aliphatic carbocycles. The van der Waals surface area contributed by atoms with Crippen LogP contribution in [0.2, 0.25) is 0 Å². The lowest BCUT2D eigenvalue weighted by Gasteiger charge is -2.17. The molecule has 0 fully saturated rings. The number of nitrogens with zero attached hydrogens (tertiary/aromatic N) is 2. The first-order chi connectivity index (χ1) is 23.9. The molecule has 7 aromatic rings. The summed E-state index contributed by atoms with van der Waals surface area (Å²) in [6.45, 7) is 5.24. The number of hydrogen-bond donors (Lipinski definition) is 2. The number of anilines is 1. The molecule has 3 aromatic heterocycles. The Morgan fingerprint density at radius 2 is 1.48 bits per heavy atom. The molecule has 0 atom stereocenters. The first-order valence-electron chi connectivity index (χ1n) is 15.1. The normalized spacial score (nSPS) is 14.6. The van der Waals surface area contributed by atoms with E-state index < -0.39 is 31.1 Å². The Morgan fingerprint density at radius 3 is 2.10 bits per heavy atom. The number of aromatic nitrogens is 1. The minimum absolute atomic E-state index is 0.0399. The number of oxazole rings is 1. The van der Waals surface area contributed by atoms with E-state index in [9.17, 15) is 25.9 Å². The fraction of sp³-hybridized carbons (Fsp3) is 0.0833. The molecular formula is C36H25N2O10S2+. The van der Waals surface area contributed by atoms with Gasteiger partial charge in [0, 0.05) is 33.7 Å². The summed E-state index contributed by atoms with van der Waals surface area (Å²) in [6, 6.07) is 21.5. The second-order valence-corrected chi connectivity index (χ2v) is 14.2. The summed E-state index contributed by atoms with van der Waals surface area (Å²) in [5, 5.41) is 2.42. The zero-order valence-corrected chi connectivity index (χ0v) is 27.7. The Morgan fingerprint density at radius 1 is 0.840 bits per heavy atom. The molecule has 4 heterocycles. The van der Waals surface area contributed by atoms with Gasteiger partial charge in [-0.25, -0.2) is 0 Å². The van der Waals surface area contributed by atoms with E-state index in [-0.39, 0.29) is 23.2 Å². The smallest absolute Gasteiger partial charge is 0.375 e. The van der Waals surface area contributed by atoms with Crippen molar-refractivity contribution in [2.45, 2.75) is 19.2 Å². The van der Waals surface area contributed by atoms with Crippen molar-refractivity contribution in [1.82, 2.24) is 0 Å². The van der Waals surface area contributed by atoms with Gasteiger partial charge in [-0.15, -0.1) is 4.57 Å². The molecule has 0 unspecified atom stereocenters. The average molecular weight is 710 g/mol. The Hall–Kier alpha value is -5.85. The summed E-state index contributed by atoms with van der Waals surface area (Å²) in [6.07, 6.45) is 3.38. The molecule has 1 aliphatic heterocycles. The monoisotopic (exact) mass is 709 g/mol. The fourth-order valence-corrected chi connectivity index (χ4v) is 7.39. The van der Waals surface area contributed by atoms with Crippen LogP contribution >= 0.6 is 0 Å². The maximum Gasteiger partial charge on any atom is 0.375 e. The van der Waals surface area contributed by atoms with Crippen molar-refractivity contribution in [2.75, 3.05) is 4.90 Å². The van der Waals surface area contributed by atoms with Gasteiger partial charge in [0.25, 0.3) is 11.4 Å². The van der Waals surface area contributed by atoms with E-state index in [4.69, 9.17) is 18.0 Å². The number of hydrogen-bond acceptors (Lipinski definition) is 9. The highest BCUT2D eigenvalue weighted by Gasteiger charge is 2.36. The highest BCUT2D eigenvalue weighted by molar-refractivity contribution is 7.90. The number of rotatable bonds is 7. The van der Waals surface area contributed by atoms with Crippen molar-refractivity contribution < 1.29 is 48.5 Å². The molecule has 0 bridgehead atoms. The maximum atomic E-state index is 12.7. The number of ether oxygens (including phenoxy) is 1. The van der Waals surface area contributed by atoms with Crippen molar-refractivity contribution in [1.29, 1.82) is 0 Å². The molecule has 50 heavy (non-hydrogen) atoms. The molecule has 0 saturated carbocycles. The van der Waals surface area contributed by atoms with Crippen molar-refractivity contribution in [3.8, 4) is 5.75 Å². The highest BCUT2D eigenvalue weighted by atomic mass is 32.2. The zero-order valence-electron chi connectivity index (χ0n) is 26.1. The third kappa shape index (κ3) is 5.29. The molecule has 1 aliphatic rings. The number of allylic oxidation sites excluding steroid dienone is 2. The predicted molar refractivity (Wildman–Crippen MR) is 186 cm³/mol. The molecule has 2 N–H and O–H groups in total. The number of furan rings is 2. The average Bonchev–Trinajstić information content (AvgIpc) is 3.80. The van der Waals surface area contributed by atoms with Crippen LogP contribution < -0.4 is 14.2 Å². The van der Waals surface area contributed by atoms with Gasteiger partial charge in [-0.05, 0) is 48.6 Å². The molecule has 8 rings (SSSR count). The van der Waals surface area contributed by atoms with Gasteiger partial charge in [0.1, 0.15) is 22.3 Å². The summed E-state index contributed by atoms with van der Waals surface area (Å²) >= 11 is 0. The van der Waals surface area contributed by atoms with E-state index in [0.717, 1.165) is 26.4 Å². The number of benzene rings is 4. The van der Waals surface area contributed by atoms with Gasteiger partial charge in [-0.1, -0.05) is 49.1 Å². The topological polar surface area (TPSA) is 165 Å². The molecule has 0 spiro atoms. The van der Waals surface area contributed by atoms with E-state index in [1.54, 1.807) is 36.4 Å². The molecule has 0 radical (unpaired) electrons. The van der Waals surface area contributed by atoms with Crippen LogP contribution in [-0.2, 0) is 26.1 Å². The lowest BCUT2D eigenvalue weighted by atomic mass is 10.1. The second kappa shape index (κ2) is 11.4. The summed E-state index contributed by atoms with van der Waals surface area (Å²) in [4.78, 5) is 1.14. The molecule has 14 heteroatoms. The van der Waals surface area contributed by atoms with E-state index in [1.807, 2.05) is 49.4 Å². The molecule has 0 saturated heterocycles. The van der Waals surface area contributed by atoms with Crippen molar-refractivity contribution in [2.24, 2.45) is 0 Å². The van der Waals surface area contributed by atoms with Crippen molar-refractivity contribution in [3.63, 3.8) is 0 Å². The Balaban J connectivity index is 1.31. The largest absolute Gasteiger partial charge is 0.456 e. The Bertz CT molecular complexity index is 2970. The zero-order chi connectivity index (χ0) is 34.9. The fourth-order valence-electron chi connectivity index (χ4n) is 6.18. The highest BCUT2D eigenvalue weighted by Crippen LogP contribution is 2.47. The van der Waals surface area contributed by atoms with Crippen molar-refractivity contribution in [3.05, 3.63) is 119 Å². The minimum atomic E-state index is -4.91. The first-order valence-corrected chi connectivity index (χ1v) is 18.2. The summed E-state index contributed by atoms with van der Waals surface area (Å²) in [5.74, 6) is -0.545. The van der Waals surface area contributed by atoms with Crippen LogP contribution in [-0.4, -0.2) is 25.9 Å². The first kappa shape index (κ1) is 31.4. The molecule has 12 nitrogen and oxygen atoms in total. The van der Waals surface area contributed by atoms with Crippen LogP contribution in [0.25, 0.3) is 61.1 Å². The van der Waals surface area contributed by atoms with Gasteiger partial charge in [0.05, 0.1) is 17.8 Å². The molecular weight excluding hydrogens is 685 g/mol. The van der Waals surface area contributed by atoms with E-state index in [2.05, 4.69) is 18.0 Å². The van der Waals surface area contributed by atoms with Gasteiger partial charge >= 0.3 is 26.1 Å². The summed E-state index contributed by atoms with van der Waals surface area (Å²) in [5.41, 5.74) is 8.25. The van der Waals surface area contributed by atoms with Gasteiger partial charge in [0.15, 0.2) is 5.75 Å². The Kier molecular flexibility index (Phi) is 7.14. The summed E-state index contributed by atoms with van der Waals surface area (Å²) in [7, 11) is -9.45. The predicted octanol–water partition coefficient (Wildman–Crippen LogP) is 7.57. The van der Waals surface area contributed by atoms with Gasteiger partial charge in [-0.2, -0.15) is 16.8 Å². The van der Waals surface area contributed by atoms with Crippen molar-refractivity contribution >= 4 is 87.0 Å². The quantitative estimate of drug-likeness (QED) is 0.0953. The Labute approximate surface area is 283 Å². The van der Waals surface area contributed by atoms with Crippen LogP contribution in [0.5, 0.6) is 5.75 Å². The van der Waals surface area contributed by atoms with Crippen LogP contribution in [0.3, 0.4) is 0 Å². The molecule has 4 aromatic carbocycles. The lowest BCUT2D eigenvalue weighted by Crippen LogP contribution is -2.39. The van der Waals surface area contributed by atoms with Gasteiger partial charge in [-0.3, -0.25) is 14.0 Å². The second-order valence-electron chi connectivity index (χ2n) is 11.5. The third-order valence-electron chi connectivity index (χ3n) is 8.32. The maximum absolute atomic E-state index is 12.7. The standard InChI is InChI=1S/C36H24N2O10S2/c1-3-9-36(50(42,43)44)38-27-19-31-25(23-11-6-8-13-29(23)46-31)17-33(27)48-35(38)15-21(4-2)14-34-37(20-49(39,40)41)26-18-30-24(16-32(26)47-34)22-10-5-7-12-28(22)45-30/h5-8,10-19H,1,4,20H2,2H3,(H-,39,40,41,42,43,44)/p+1. The minimum Gasteiger partial charge on any atom is -0.456 e.